The number of rotatable bonds is 6. The second kappa shape index (κ2) is 8.73. The molecule has 0 aliphatic heterocycles. The molecule has 0 amide bonds. The van der Waals surface area contributed by atoms with Crippen LogP contribution in [0.5, 0.6) is 0 Å². The molecule has 8 nitrogen and oxygen atoms in total. The van der Waals surface area contributed by atoms with E-state index in [1.54, 1.807) is 12.1 Å². The highest BCUT2D eigenvalue weighted by Gasteiger charge is 2.41. The van der Waals surface area contributed by atoms with Crippen molar-refractivity contribution in [1.29, 1.82) is 0 Å². The molecule has 0 saturated heterocycles. The molecule has 0 aromatic heterocycles. The SMILES string of the molecule is O=C1c2cc(S(=O)(=O)NC3CCC(O)CC3)ccc2-c2ccc(S(=O)(=O)NC3CC4CCC3C4)cc21. The molecule has 2 aromatic rings. The number of aliphatic hydroxyl groups excluding tert-OH is 1. The molecule has 3 fully saturated rings. The fourth-order valence-corrected chi connectivity index (χ4v) is 9.18. The quantitative estimate of drug-likeness (QED) is 0.449. The molecule has 2 aromatic carbocycles. The molecule has 36 heavy (non-hydrogen) atoms. The summed E-state index contributed by atoms with van der Waals surface area (Å²) in [6, 6.07) is 8.71. The van der Waals surface area contributed by atoms with Gasteiger partial charge in [0.05, 0.1) is 15.9 Å². The van der Waals surface area contributed by atoms with Crippen molar-refractivity contribution in [2.24, 2.45) is 11.8 Å². The van der Waals surface area contributed by atoms with Crippen molar-refractivity contribution in [1.82, 2.24) is 9.44 Å². The molecule has 0 heterocycles. The average molecular weight is 531 g/mol. The van der Waals surface area contributed by atoms with E-state index in [1.807, 2.05) is 0 Å². The first-order valence-corrected chi connectivity index (χ1v) is 15.6. The smallest absolute Gasteiger partial charge is 0.240 e. The molecule has 3 N–H and O–H groups in total. The third-order valence-corrected chi connectivity index (χ3v) is 11.5. The second-order valence-corrected chi connectivity index (χ2v) is 14.2. The fourth-order valence-electron chi connectivity index (χ4n) is 6.51. The van der Waals surface area contributed by atoms with E-state index in [9.17, 15) is 26.7 Å². The number of fused-ring (bicyclic) bond motifs is 5. The molecule has 3 unspecified atom stereocenters. The van der Waals surface area contributed by atoms with Gasteiger partial charge in [-0.25, -0.2) is 26.3 Å². The van der Waals surface area contributed by atoms with Gasteiger partial charge in [-0.1, -0.05) is 18.6 Å². The van der Waals surface area contributed by atoms with E-state index in [0.29, 0.717) is 48.6 Å². The van der Waals surface area contributed by atoms with Gasteiger partial charge in [-0.05, 0) is 92.2 Å². The van der Waals surface area contributed by atoms with Gasteiger partial charge < -0.3 is 5.11 Å². The number of sulfonamides is 2. The van der Waals surface area contributed by atoms with Crippen molar-refractivity contribution in [2.45, 2.75) is 79.3 Å². The summed E-state index contributed by atoms with van der Waals surface area (Å²) in [6.07, 6.45) is 6.00. The van der Waals surface area contributed by atoms with Crippen molar-refractivity contribution in [2.75, 3.05) is 0 Å². The average Bonchev–Trinajstić information content (AvgIpc) is 3.54. The van der Waals surface area contributed by atoms with Crippen molar-refractivity contribution in [3.63, 3.8) is 0 Å². The maximum atomic E-state index is 13.3. The summed E-state index contributed by atoms with van der Waals surface area (Å²) in [7, 11) is -7.62. The second-order valence-electron chi connectivity index (χ2n) is 10.8. The number of carbonyl (C=O) groups is 1. The molecule has 3 atom stereocenters. The van der Waals surface area contributed by atoms with Gasteiger partial charge in [0.25, 0.3) is 0 Å². The van der Waals surface area contributed by atoms with Gasteiger partial charge >= 0.3 is 0 Å². The molecule has 192 valence electrons. The third-order valence-electron chi connectivity index (χ3n) is 8.45. The number of hydrogen-bond acceptors (Lipinski definition) is 6. The highest BCUT2D eigenvalue weighted by molar-refractivity contribution is 7.89. The zero-order chi connectivity index (χ0) is 25.2. The minimum Gasteiger partial charge on any atom is -0.393 e. The van der Waals surface area contributed by atoms with Crippen LogP contribution in [0.4, 0.5) is 0 Å². The predicted octanol–water partition coefficient (Wildman–Crippen LogP) is 2.95. The van der Waals surface area contributed by atoms with E-state index in [2.05, 4.69) is 9.44 Å². The Labute approximate surface area is 211 Å². The zero-order valence-electron chi connectivity index (χ0n) is 19.8. The van der Waals surface area contributed by atoms with Crippen LogP contribution < -0.4 is 9.44 Å². The molecule has 6 rings (SSSR count). The van der Waals surface area contributed by atoms with E-state index >= 15 is 0 Å². The van der Waals surface area contributed by atoms with Gasteiger partial charge in [0.15, 0.2) is 5.78 Å². The Balaban J connectivity index is 1.24. The maximum absolute atomic E-state index is 13.3. The highest BCUT2D eigenvalue weighted by atomic mass is 32.2. The Morgan fingerprint density at radius 1 is 0.694 bits per heavy atom. The summed E-state index contributed by atoms with van der Waals surface area (Å²) in [5.41, 5.74) is 1.72. The van der Waals surface area contributed by atoms with Crippen LogP contribution in [0.25, 0.3) is 11.1 Å². The van der Waals surface area contributed by atoms with Gasteiger partial charge in [0.1, 0.15) is 0 Å². The standard InChI is InChI=1S/C26H30N2O6S2/c29-18-5-3-17(4-6-18)27-35(31,32)19-7-9-21-22-10-8-20(14-24(22)26(30)23(21)13-19)36(33,34)28-25-12-15-1-2-16(25)11-15/h7-10,13-18,25,27-29H,1-6,11-12H2. The number of carbonyl (C=O) groups excluding carboxylic acids is 1. The largest absolute Gasteiger partial charge is 0.393 e. The summed E-state index contributed by atoms with van der Waals surface area (Å²) in [5, 5.41) is 9.67. The lowest BCUT2D eigenvalue weighted by molar-refractivity contribution is 0.104. The van der Waals surface area contributed by atoms with E-state index in [0.717, 1.165) is 19.3 Å². The summed E-state index contributed by atoms with van der Waals surface area (Å²) >= 11 is 0. The highest BCUT2D eigenvalue weighted by Crippen LogP contribution is 2.45. The van der Waals surface area contributed by atoms with Crippen LogP contribution in [0.3, 0.4) is 0 Å². The van der Waals surface area contributed by atoms with E-state index in [-0.39, 0.29) is 44.9 Å². The Morgan fingerprint density at radius 3 is 1.81 bits per heavy atom. The molecular weight excluding hydrogens is 500 g/mol. The van der Waals surface area contributed by atoms with Gasteiger partial charge in [-0.15, -0.1) is 0 Å². The van der Waals surface area contributed by atoms with Crippen LogP contribution in [0, 0.1) is 11.8 Å². The van der Waals surface area contributed by atoms with Gasteiger partial charge in [0, 0.05) is 23.2 Å². The fraction of sp³-hybridized carbons (Fsp3) is 0.500. The van der Waals surface area contributed by atoms with Crippen molar-refractivity contribution < 1.29 is 26.7 Å². The zero-order valence-corrected chi connectivity index (χ0v) is 21.4. The Bertz CT molecular complexity index is 1440. The lowest BCUT2D eigenvalue weighted by Gasteiger charge is -2.26. The van der Waals surface area contributed by atoms with Crippen LogP contribution in [-0.2, 0) is 20.0 Å². The maximum Gasteiger partial charge on any atom is 0.240 e. The van der Waals surface area contributed by atoms with E-state index in [4.69, 9.17) is 0 Å². The first kappa shape index (κ1) is 24.2. The van der Waals surface area contributed by atoms with E-state index < -0.39 is 20.0 Å². The summed E-state index contributed by atoms with van der Waals surface area (Å²) in [4.78, 5) is 13.3. The normalized spacial score (nSPS) is 29.4. The van der Waals surface area contributed by atoms with Crippen molar-refractivity contribution in [3.8, 4) is 11.1 Å². The lowest BCUT2D eigenvalue weighted by Crippen LogP contribution is -2.38. The topological polar surface area (TPSA) is 130 Å². The lowest BCUT2D eigenvalue weighted by atomic mass is 9.94. The molecular formula is C26H30N2O6S2. The molecule has 2 bridgehead atoms. The third kappa shape index (κ3) is 4.22. The molecule has 4 aliphatic rings. The van der Waals surface area contributed by atoms with E-state index in [1.165, 1.54) is 30.7 Å². The van der Waals surface area contributed by atoms with Crippen molar-refractivity contribution >= 4 is 25.8 Å². The molecule has 4 aliphatic carbocycles. The van der Waals surface area contributed by atoms with Crippen LogP contribution in [0.2, 0.25) is 0 Å². The molecule has 10 heteroatoms. The van der Waals surface area contributed by atoms with Gasteiger partial charge in [-0.3, -0.25) is 4.79 Å². The Kier molecular flexibility index (Phi) is 5.88. The van der Waals surface area contributed by atoms with Crippen LogP contribution >= 0.6 is 0 Å². The first-order chi connectivity index (χ1) is 17.1. The van der Waals surface area contributed by atoms with Crippen LogP contribution in [0.1, 0.15) is 67.3 Å². The summed E-state index contributed by atoms with van der Waals surface area (Å²) in [6.45, 7) is 0. The minimum atomic E-state index is -3.85. The van der Waals surface area contributed by atoms with Crippen LogP contribution in [-0.4, -0.2) is 45.9 Å². The summed E-state index contributed by atoms with van der Waals surface area (Å²) < 4.78 is 57.8. The number of aliphatic hydroxyl groups is 1. The summed E-state index contributed by atoms with van der Waals surface area (Å²) in [5.74, 6) is 0.607. The first-order valence-electron chi connectivity index (χ1n) is 12.7. The number of hydrogen-bond donors (Lipinski definition) is 3. The molecule has 0 radical (unpaired) electrons. The molecule has 3 saturated carbocycles. The number of ketones is 1. The monoisotopic (exact) mass is 530 g/mol. The Morgan fingerprint density at radius 2 is 1.28 bits per heavy atom. The molecule has 0 spiro atoms. The van der Waals surface area contributed by atoms with Crippen molar-refractivity contribution in [3.05, 3.63) is 47.5 Å². The predicted molar refractivity (Wildman–Crippen MR) is 133 cm³/mol. The van der Waals surface area contributed by atoms with Crippen LogP contribution in [0.15, 0.2) is 46.2 Å². The number of benzene rings is 2. The Hall–Kier alpha value is -2.11. The van der Waals surface area contributed by atoms with Gasteiger partial charge in [-0.2, -0.15) is 0 Å². The van der Waals surface area contributed by atoms with Gasteiger partial charge in [0.2, 0.25) is 20.0 Å². The number of nitrogens with one attached hydrogen (secondary N) is 2. The minimum absolute atomic E-state index is 0.000624.